The van der Waals surface area contributed by atoms with E-state index in [0.717, 1.165) is 4.47 Å². The highest BCUT2D eigenvalue weighted by atomic mass is 79.9. The molecule has 2 aliphatic rings. The van der Waals surface area contributed by atoms with Crippen LogP contribution in [0.15, 0.2) is 16.7 Å². The molecule has 2 bridgehead atoms. The van der Waals surface area contributed by atoms with Gasteiger partial charge in [0.2, 0.25) is 0 Å². The van der Waals surface area contributed by atoms with Gasteiger partial charge in [0.15, 0.2) is 0 Å². The molecule has 0 spiro atoms. The predicted octanol–water partition coefficient (Wildman–Crippen LogP) is 4.05. The summed E-state index contributed by atoms with van der Waals surface area (Å²) in [5.41, 5.74) is 1.28. The number of nitrogens with zero attached hydrogens (tertiary/aromatic N) is 2. The SMILES string of the molecule is Cc1cc(Br)cnc1N1C2CCC1CC(Br)C2. The molecule has 0 aromatic carbocycles. The summed E-state index contributed by atoms with van der Waals surface area (Å²) < 4.78 is 1.07. The van der Waals surface area contributed by atoms with Crippen molar-refractivity contribution in [1.29, 1.82) is 0 Å². The molecule has 1 aromatic rings. The Morgan fingerprint density at radius 1 is 1.29 bits per heavy atom. The summed E-state index contributed by atoms with van der Waals surface area (Å²) in [4.78, 5) is 7.90. The first-order chi connectivity index (χ1) is 8.15. The Morgan fingerprint density at radius 2 is 1.94 bits per heavy atom. The Hall–Kier alpha value is -0.0900. The minimum Gasteiger partial charge on any atom is -0.350 e. The van der Waals surface area contributed by atoms with Gasteiger partial charge in [-0.3, -0.25) is 0 Å². The lowest BCUT2D eigenvalue weighted by Crippen LogP contribution is -2.44. The Morgan fingerprint density at radius 3 is 2.53 bits per heavy atom. The molecule has 1 aromatic heterocycles. The molecule has 2 fully saturated rings. The maximum Gasteiger partial charge on any atom is 0.132 e. The quantitative estimate of drug-likeness (QED) is 0.703. The summed E-state index contributed by atoms with van der Waals surface area (Å²) in [6.07, 6.45) is 7.08. The minimum absolute atomic E-state index is 0.686. The number of hydrogen-bond acceptors (Lipinski definition) is 2. The van der Waals surface area contributed by atoms with E-state index in [1.807, 2.05) is 6.20 Å². The number of piperidine rings is 1. The molecule has 2 atom stereocenters. The fraction of sp³-hybridized carbons (Fsp3) is 0.615. The predicted molar refractivity (Wildman–Crippen MR) is 77.9 cm³/mol. The molecule has 2 aliphatic heterocycles. The number of rotatable bonds is 1. The number of pyridine rings is 1. The number of fused-ring (bicyclic) bond motifs is 2. The monoisotopic (exact) mass is 358 g/mol. The third-order valence-electron chi connectivity index (χ3n) is 3.94. The molecule has 0 radical (unpaired) electrons. The number of aromatic nitrogens is 1. The lowest BCUT2D eigenvalue weighted by Gasteiger charge is -2.38. The lowest BCUT2D eigenvalue weighted by atomic mass is 10.0. The van der Waals surface area contributed by atoms with Gasteiger partial charge in [0.05, 0.1) is 0 Å². The maximum absolute atomic E-state index is 4.63. The highest BCUT2D eigenvalue weighted by Gasteiger charge is 2.40. The number of anilines is 1. The average Bonchev–Trinajstić information content (AvgIpc) is 2.53. The molecule has 3 rings (SSSR count). The van der Waals surface area contributed by atoms with Crippen LogP contribution < -0.4 is 4.90 Å². The summed E-state index contributed by atoms with van der Waals surface area (Å²) in [5, 5.41) is 0. The van der Waals surface area contributed by atoms with Gasteiger partial charge < -0.3 is 4.90 Å². The normalized spacial score (nSPS) is 31.9. The zero-order valence-corrected chi connectivity index (χ0v) is 13.0. The van der Waals surface area contributed by atoms with Crippen LogP contribution in [0.25, 0.3) is 0 Å². The van der Waals surface area contributed by atoms with Crippen molar-refractivity contribution in [2.75, 3.05) is 4.90 Å². The van der Waals surface area contributed by atoms with Crippen LogP contribution in [0.5, 0.6) is 0 Å². The zero-order valence-electron chi connectivity index (χ0n) is 9.87. The highest BCUT2D eigenvalue weighted by molar-refractivity contribution is 9.10. The topological polar surface area (TPSA) is 16.1 Å². The van der Waals surface area contributed by atoms with Crippen molar-refractivity contribution in [3.63, 3.8) is 0 Å². The first kappa shape index (κ1) is 12.0. The van der Waals surface area contributed by atoms with E-state index in [9.17, 15) is 0 Å². The van der Waals surface area contributed by atoms with E-state index >= 15 is 0 Å². The smallest absolute Gasteiger partial charge is 0.132 e. The van der Waals surface area contributed by atoms with Crippen LogP contribution in [0.3, 0.4) is 0 Å². The Bertz CT molecular complexity index is 421. The molecule has 0 aliphatic carbocycles. The Kier molecular flexibility index (Phi) is 3.20. The van der Waals surface area contributed by atoms with E-state index in [1.165, 1.54) is 37.1 Å². The van der Waals surface area contributed by atoms with Gasteiger partial charge in [0.25, 0.3) is 0 Å². The fourth-order valence-electron chi connectivity index (χ4n) is 3.26. The van der Waals surface area contributed by atoms with E-state index < -0.39 is 0 Å². The third-order valence-corrected chi connectivity index (χ3v) is 5.12. The van der Waals surface area contributed by atoms with Crippen LogP contribution in [0.1, 0.15) is 31.2 Å². The van der Waals surface area contributed by atoms with E-state index in [1.54, 1.807) is 0 Å². The summed E-state index contributed by atoms with van der Waals surface area (Å²) in [5.74, 6) is 1.19. The van der Waals surface area contributed by atoms with Gasteiger partial charge in [-0.2, -0.15) is 0 Å². The van der Waals surface area contributed by atoms with Crippen molar-refractivity contribution in [2.45, 2.75) is 49.5 Å². The van der Waals surface area contributed by atoms with E-state index in [4.69, 9.17) is 0 Å². The average molecular weight is 360 g/mol. The van der Waals surface area contributed by atoms with Crippen LogP contribution >= 0.6 is 31.9 Å². The summed E-state index contributed by atoms with van der Waals surface area (Å²) in [6.45, 7) is 2.16. The molecule has 0 saturated carbocycles. The van der Waals surface area contributed by atoms with Gasteiger partial charge in [-0.25, -0.2) is 4.98 Å². The number of hydrogen-bond donors (Lipinski definition) is 0. The largest absolute Gasteiger partial charge is 0.350 e. The van der Waals surface area contributed by atoms with Crippen LogP contribution in [0.2, 0.25) is 0 Å². The molecule has 4 heteroatoms. The molecule has 0 amide bonds. The molecule has 2 unspecified atom stereocenters. The molecule has 17 heavy (non-hydrogen) atoms. The second-order valence-corrected chi connectivity index (χ2v) is 7.37. The zero-order chi connectivity index (χ0) is 12.0. The molecule has 3 heterocycles. The van der Waals surface area contributed by atoms with Gasteiger partial charge in [-0.15, -0.1) is 0 Å². The third kappa shape index (κ3) is 2.14. The van der Waals surface area contributed by atoms with Gasteiger partial charge in [-0.05, 0) is 60.2 Å². The number of aryl methyl sites for hydroxylation is 1. The summed E-state index contributed by atoms with van der Waals surface area (Å²) >= 11 is 7.27. The maximum atomic E-state index is 4.63. The minimum atomic E-state index is 0.686. The van der Waals surface area contributed by atoms with Gasteiger partial charge >= 0.3 is 0 Å². The first-order valence-electron chi connectivity index (χ1n) is 6.19. The Balaban J connectivity index is 1.94. The standard InChI is InChI=1S/C13H16Br2N2/c1-8-4-10(15)7-16-13(8)17-11-2-3-12(17)6-9(14)5-11/h4,7,9,11-12H,2-3,5-6H2,1H3. The van der Waals surface area contributed by atoms with Crippen LogP contribution in [-0.4, -0.2) is 21.9 Å². The molecule has 92 valence electrons. The van der Waals surface area contributed by atoms with Gasteiger partial charge in [0.1, 0.15) is 5.82 Å². The number of alkyl halides is 1. The van der Waals surface area contributed by atoms with Gasteiger partial charge in [-0.1, -0.05) is 15.9 Å². The molecule has 0 N–H and O–H groups in total. The highest BCUT2D eigenvalue weighted by Crippen LogP contribution is 2.41. The molecular weight excluding hydrogens is 344 g/mol. The molecule has 2 saturated heterocycles. The van der Waals surface area contributed by atoms with Crippen molar-refractivity contribution >= 4 is 37.7 Å². The van der Waals surface area contributed by atoms with Crippen LogP contribution in [0, 0.1) is 6.92 Å². The van der Waals surface area contributed by atoms with Crippen molar-refractivity contribution in [3.05, 3.63) is 22.3 Å². The van der Waals surface area contributed by atoms with E-state index in [-0.39, 0.29) is 0 Å². The van der Waals surface area contributed by atoms with Crippen LogP contribution in [0.4, 0.5) is 5.82 Å². The number of halogens is 2. The summed E-state index contributed by atoms with van der Waals surface area (Å²) in [7, 11) is 0. The van der Waals surface area contributed by atoms with E-state index in [2.05, 4.69) is 54.7 Å². The van der Waals surface area contributed by atoms with Crippen LogP contribution in [-0.2, 0) is 0 Å². The van der Waals surface area contributed by atoms with Crippen molar-refractivity contribution in [3.8, 4) is 0 Å². The Labute approximate surface area is 119 Å². The first-order valence-corrected chi connectivity index (χ1v) is 7.90. The second-order valence-electron chi connectivity index (χ2n) is 5.15. The molecule has 2 nitrogen and oxygen atoms in total. The van der Waals surface area contributed by atoms with Crippen molar-refractivity contribution in [2.24, 2.45) is 0 Å². The van der Waals surface area contributed by atoms with Crippen molar-refractivity contribution in [1.82, 2.24) is 4.98 Å². The fourth-order valence-corrected chi connectivity index (χ4v) is 4.57. The summed E-state index contributed by atoms with van der Waals surface area (Å²) in [6, 6.07) is 3.54. The molecular formula is C13H16Br2N2. The van der Waals surface area contributed by atoms with E-state index in [0.29, 0.717) is 16.9 Å². The second kappa shape index (κ2) is 4.54. The van der Waals surface area contributed by atoms with Gasteiger partial charge in [0, 0.05) is 27.6 Å². The lowest BCUT2D eigenvalue weighted by molar-refractivity contribution is 0.478. The van der Waals surface area contributed by atoms with Crippen molar-refractivity contribution < 1.29 is 0 Å².